The van der Waals surface area contributed by atoms with Crippen molar-refractivity contribution in [2.24, 2.45) is 0 Å². The van der Waals surface area contributed by atoms with Crippen LogP contribution in [-0.2, 0) is 11.2 Å². The van der Waals surface area contributed by atoms with Gasteiger partial charge in [-0.3, -0.25) is 0 Å². The van der Waals surface area contributed by atoms with Gasteiger partial charge < -0.3 is 9.90 Å². The Morgan fingerprint density at radius 3 is 2.08 bits per heavy atom. The van der Waals surface area contributed by atoms with Gasteiger partial charge in [-0.1, -0.05) is 19.1 Å². The standard InChI is InChI=1S/C8H10O.C2H4O/c1-2-7-3-5-8(9)6-4-7;1-2-3/h3-6,9H,2H2,1H3;2H,1H3. The van der Waals surface area contributed by atoms with Crippen molar-refractivity contribution in [2.45, 2.75) is 20.3 Å². The van der Waals surface area contributed by atoms with E-state index in [1.165, 1.54) is 12.5 Å². The third-order valence-corrected chi connectivity index (χ3v) is 1.34. The van der Waals surface area contributed by atoms with Crippen molar-refractivity contribution in [3.05, 3.63) is 29.8 Å². The quantitative estimate of drug-likeness (QED) is 0.649. The molecular formula is C10H14O2. The van der Waals surface area contributed by atoms with Crippen LogP contribution in [0.2, 0.25) is 0 Å². The van der Waals surface area contributed by atoms with E-state index < -0.39 is 0 Å². The summed E-state index contributed by atoms with van der Waals surface area (Å²) in [6.07, 6.45) is 1.78. The van der Waals surface area contributed by atoms with Gasteiger partial charge in [0.05, 0.1) is 0 Å². The molecule has 0 bridgehead atoms. The molecule has 66 valence electrons. The fourth-order valence-corrected chi connectivity index (χ4v) is 0.732. The molecule has 0 spiro atoms. The van der Waals surface area contributed by atoms with Crippen LogP contribution in [0.3, 0.4) is 0 Å². The third kappa shape index (κ3) is 4.50. The molecule has 0 unspecified atom stereocenters. The number of aryl methyl sites for hydroxylation is 1. The highest BCUT2D eigenvalue weighted by atomic mass is 16.3. The molecule has 0 aliphatic rings. The molecule has 0 atom stereocenters. The normalized spacial score (nSPS) is 8.17. The van der Waals surface area contributed by atoms with Gasteiger partial charge >= 0.3 is 0 Å². The van der Waals surface area contributed by atoms with E-state index >= 15 is 0 Å². The fraction of sp³-hybridized carbons (Fsp3) is 0.300. The summed E-state index contributed by atoms with van der Waals surface area (Å²) >= 11 is 0. The monoisotopic (exact) mass is 166 g/mol. The lowest BCUT2D eigenvalue weighted by molar-refractivity contribution is -0.106. The first-order chi connectivity index (χ1) is 5.74. The number of phenolic OH excluding ortho intramolecular Hbond substituents is 1. The second-order valence-electron chi connectivity index (χ2n) is 2.26. The summed E-state index contributed by atoms with van der Waals surface area (Å²) in [7, 11) is 0. The molecule has 0 fully saturated rings. The van der Waals surface area contributed by atoms with Crippen LogP contribution in [-0.4, -0.2) is 11.4 Å². The van der Waals surface area contributed by atoms with E-state index in [1.54, 1.807) is 12.1 Å². The second-order valence-corrected chi connectivity index (χ2v) is 2.26. The highest BCUT2D eigenvalue weighted by molar-refractivity contribution is 5.44. The third-order valence-electron chi connectivity index (χ3n) is 1.34. The summed E-state index contributed by atoms with van der Waals surface area (Å²) in [5.41, 5.74) is 1.26. The number of aromatic hydroxyl groups is 1. The number of benzene rings is 1. The van der Waals surface area contributed by atoms with Crippen molar-refractivity contribution in [3.8, 4) is 5.75 Å². The van der Waals surface area contributed by atoms with Crippen molar-refractivity contribution in [3.63, 3.8) is 0 Å². The molecule has 0 saturated carbocycles. The molecular weight excluding hydrogens is 152 g/mol. The molecule has 1 aromatic carbocycles. The van der Waals surface area contributed by atoms with E-state index in [1.807, 2.05) is 12.1 Å². The second kappa shape index (κ2) is 6.40. The Balaban J connectivity index is 0.000000354. The van der Waals surface area contributed by atoms with E-state index in [0.29, 0.717) is 5.75 Å². The minimum Gasteiger partial charge on any atom is -0.508 e. The fourth-order valence-electron chi connectivity index (χ4n) is 0.732. The van der Waals surface area contributed by atoms with Gasteiger partial charge in [0.2, 0.25) is 0 Å². The van der Waals surface area contributed by atoms with E-state index in [2.05, 4.69) is 6.92 Å². The minimum atomic E-state index is 0.340. The Hall–Kier alpha value is -1.31. The summed E-state index contributed by atoms with van der Waals surface area (Å²) in [6, 6.07) is 7.27. The van der Waals surface area contributed by atoms with Crippen LogP contribution in [0.1, 0.15) is 19.4 Å². The van der Waals surface area contributed by atoms with Crippen LogP contribution in [0.15, 0.2) is 24.3 Å². The van der Waals surface area contributed by atoms with Gasteiger partial charge in [0.25, 0.3) is 0 Å². The summed E-state index contributed by atoms with van der Waals surface area (Å²) < 4.78 is 0. The molecule has 0 aliphatic carbocycles. The van der Waals surface area contributed by atoms with Gasteiger partial charge in [0, 0.05) is 0 Å². The molecule has 0 radical (unpaired) electrons. The molecule has 12 heavy (non-hydrogen) atoms. The number of aldehydes is 1. The van der Waals surface area contributed by atoms with E-state index in [9.17, 15) is 0 Å². The summed E-state index contributed by atoms with van der Waals surface area (Å²) in [5, 5.41) is 8.85. The highest BCUT2D eigenvalue weighted by Crippen LogP contribution is 2.09. The molecule has 2 heteroatoms. The van der Waals surface area contributed by atoms with E-state index in [-0.39, 0.29) is 0 Å². The molecule has 0 aromatic heterocycles. The summed E-state index contributed by atoms with van der Waals surface area (Å²) in [5.74, 6) is 0.340. The first-order valence-corrected chi connectivity index (χ1v) is 3.92. The largest absolute Gasteiger partial charge is 0.508 e. The van der Waals surface area contributed by atoms with Crippen LogP contribution >= 0.6 is 0 Å². The van der Waals surface area contributed by atoms with Crippen molar-refractivity contribution in [1.29, 1.82) is 0 Å². The van der Waals surface area contributed by atoms with Gasteiger partial charge in [-0.05, 0) is 31.0 Å². The number of carbonyl (C=O) groups is 1. The van der Waals surface area contributed by atoms with Crippen molar-refractivity contribution < 1.29 is 9.90 Å². The molecule has 2 nitrogen and oxygen atoms in total. The maximum Gasteiger partial charge on any atom is 0.116 e. The molecule has 0 aliphatic heterocycles. The van der Waals surface area contributed by atoms with Gasteiger partial charge in [-0.25, -0.2) is 0 Å². The summed E-state index contributed by atoms with van der Waals surface area (Å²) in [6.45, 7) is 3.53. The Morgan fingerprint density at radius 1 is 1.33 bits per heavy atom. The molecule has 1 N–H and O–H groups in total. The molecule has 0 heterocycles. The Labute approximate surface area is 72.9 Å². The minimum absolute atomic E-state index is 0.340. The number of hydrogen-bond donors (Lipinski definition) is 1. The zero-order valence-electron chi connectivity index (χ0n) is 7.45. The highest BCUT2D eigenvalue weighted by Gasteiger charge is 1.86. The predicted octanol–water partition coefficient (Wildman–Crippen LogP) is 2.16. The van der Waals surface area contributed by atoms with Crippen LogP contribution in [0.5, 0.6) is 5.75 Å². The van der Waals surface area contributed by atoms with E-state index in [0.717, 1.165) is 12.7 Å². The lowest BCUT2D eigenvalue weighted by Gasteiger charge is -1.93. The van der Waals surface area contributed by atoms with E-state index in [4.69, 9.17) is 9.90 Å². The van der Waals surface area contributed by atoms with Crippen LogP contribution in [0.25, 0.3) is 0 Å². The SMILES string of the molecule is CC=O.CCc1ccc(O)cc1. The van der Waals surface area contributed by atoms with Crippen LogP contribution in [0.4, 0.5) is 0 Å². The van der Waals surface area contributed by atoms with Gasteiger partial charge in [-0.2, -0.15) is 0 Å². The van der Waals surface area contributed by atoms with Crippen LogP contribution in [0, 0.1) is 0 Å². The number of carbonyl (C=O) groups excluding carboxylic acids is 1. The first-order valence-electron chi connectivity index (χ1n) is 3.92. The van der Waals surface area contributed by atoms with Crippen molar-refractivity contribution >= 4 is 6.29 Å². The van der Waals surface area contributed by atoms with Gasteiger partial charge in [-0.15, -0.1) is 0 Å². The van der Waals surface area contributed by atoms with Gasteiger partial charge in [0.1, 0.15) is 12.0 Å². The van der Waals surface area contributed by atoms with Crippen molar-refractivity contribution in [2.75, 3.05) is 0 Å². The number of rotatable bonds is 1. The number of hydrogen-bond acceptors (Lipinski definition) is 2. The maximum absolute atomic E-state index is 8.85. The van der Waals surface area contributed by atoms with Crippen molar-refractivity contribution in [1.82, 2.24) is 0 Å². The lowest BCUT2D eigenvalue weighted by Crippen LogP contribution is -1.75. The summed E-state index contributed by atoms with van der Waals surface area (Å²) in [4.78, 5) is 8.81. The Bertz CT molecular complexity index is 214. The zero-order valence-corrected chi connectivity index (χ0v) is 7.45. The Morgan fingerprint density at radius 2 is 1.75 bits per heavy atom. The number of phenols is 1. The molecule has 0 saturated heterocycles. The smallest absolute Gasteiger partial charge is 0.116 e. The molecule has 0 amide bonds. The van der Waals surface area contributed by atoms with Gasteiger partial charge in [0.15, 0.2) is 0 Å². The maximum atomic E-state index is 8.85. The average Bonchev–Trinajstić information content (AvgIpc) is 2.07. The first kappa shape index (κ1) is 10.7. The topological polar surface area (TPSA) is 37.3 Å². The Kier molecular flexibility index (Phi) is 5.70. The predicted molar refractivity (Wildman–Crippen MR) is 49.2 cm³/mol. The zero-order chi connectivity index (χ0) is 9.40. The van der Waals surface area contributed by atoms with Crippen LogP contribution < -0.4 is 0 Å². The molecule has 1 aromatic rings. The molecule has 1 rings (SSSR count). The lowest BCUT2D eigenvalue weighted by atomic mass is 10.2. The average molecular weight is 166 g/mol.